The molecule has 0 radical (unpaired) electrons. The van der Waals surface area contributed by atoms with E-state index in [9.17, 15) is 39.4 Å². The Labute approximate surface area is 183 Å². The van der Waals surface area contributed by atoms with Crippen molar-refractivity contribution in [2.45, 2.75) is 29.8 Å². The standard InChI is InChI=1S/C16H19N5O10S/c17-8(16(26)27)4-5-12(22)19-9(15(25)18-6-13(23)24)7-32-11-3-1-2-10(20(28)29)14(11)21(30)31/h1-3,8-9H,4-7,17H2,(H,18,25)(H,19,22)(H,23,24)(H,26,27)/t8-,9-/m0/s1. The molecule has 0 heterocycles. The highest BCUT2D eigenvalue weighted by molar-refractivity contribution is 7.99. The first kappa shape index (κ1) is 26.2. The molecule has 0 aromatic heterocycles. The molecule has 32 heavy (non-hydrogen) atoms. The maximum Gasteiger partial charge on any atom is 0.359 e. The van der Waals surface area contributed by atoms with Gasteiger partial charge in [-0.15, -0.1) is 11.8 Å². The minimum atomic E-state index is -1.38. The van der Waals surface area contributed by atoms with E-state index in [2.05, 4.69) is 5.32 Å². The number of nitro benzene ring substituents is 2. The number of nitrogens with one attached hydrogen (secondary N) is 2. The molecule has 2 atom stereocenters. The van der Waals surface area contributed by atoms with E-state index in [4.69, 9.17) is 15.9 Å². The number of carboxylic acid groups (broad SMARTS) is 2. The zero-order valence-electron chi connectivity index (χ0n) is 16.3. The predicted octanol–water partition coefficient (Wildman–Crippen LogP) is -0.527. The van der Waals surface area contributed by atoms with Gasteiger partial charge in [0.15, 0.2) is 0 Å². The Hall–Kier alpha value is -3.79. The zero-order chi connectivity index (χ0) is 24.4. The van der Waals surface area contributed by atoms with Crippen molar-refractivity contribution in [2.24, 2.45) is 5.73 Å². The molecule has 0 saturated heterocycles. The second kappa shape index (κ2) is 12.2. The summed E-state index contributed by atoms with van der Waals surface area (Å²) >= 11 is 0.661. The topological polar surface area (TPSA) is 245 Å². The highest BCUT2D eigenvalue weighted by Crippen LogP contribution is 2.37. The minimum absolute atomic E-state index is 0.151. The van der Waals surface area contributed by atoms with Crippen LogP contribution in [0.4, 0.5) is 11.4 Å². The van der Waals surface area contributed by atoms with E-state index >= 15 is 0 Å². The van der Waals surface area contributed by atoms with E-state index in [-0.39, 0.29) is 23.5 Å². The molecule has 0 fully saturated rings. The van der Waals surface area contributed by atoms with E-state index in [1.54, 1.807) is 0 Å². The number of nitrogens with two attached hydrogens (primary N) is 1. The Morgan fingerprint density at radius 3 is 2.31 bits per heavy atom. The number of carbonyl (C=O) groups is 4. The maximum atomic E-state index is 12.3. The van der Waals surface area contributed by atoms with Crippen LogP contribution in [0.15, 0.2) is 23.1 Å². The van der Waals surface area contributed by atoms with Gasteiger partial charge in [0.1, 0.15) is 18.6 Å². The van der Waals surface area contributed by atoms with E-state index < -0.39 is 63.6 Å². The molecule has 0 aliphatic heterocycles. The van der Waals surface area contributed by atoms with Crippen LogP contribution in [-0.4, -0.2) is 68.2 Å². The van der Waals surface area contributed by atoms with Gasteiger partial charge in [-0.05, 0) is 12.5 Å². The number of thioether (sulfide) groups is 1. The van der Waals surface area contributed by atoms with Gasteiger partial charge in [0.05, 0.1) is 14.7 Å². The highest BCUT2D eigenvalue weighted by Gasteiger charge is 2.30. The number of para-hydroxylation sites is 1. The fraction of sp³-hybridized carbons (Fsp3) is 0.375. The fourth-order valence-corrected chi connectivity index (χ4v) is 3.35. The first-order valence-corrected chi connectivity index (χ1v) is 9.74. The number of rotatable bonds is 13. The third-order valence-electron chi connectivity index (χ3n) is 3.83. The lowest BCUT2D eigenvalue weighted by Gasteiger charge is -2.18. The quantitative estimate of drug-likeness (QED) is 0.138. The van der Waals surface area contributed by atoms with Crippen LogP contribution in [0.2, 0.25) is 0 Å². The van der Waals surface area contributed by atoms with Crippen LogP contribution in [0.25, 0.3) is 0 Å². The van der Waals surface area contributed by atoms with Gasteiger partial charge in [-0.3, -0.25) is 39.4 Å². The number of carboxylic acids is 2. The molecule has 0 bridgehead atoms. The lowest BCUT2D eigenvalue weighted by Crippen LogP contribution is -2.49. The summed E-state index contributed by atoms with van der Waals surface area (Å²) in [6.07, 6.45) is -0.605. The van der Waals surface area contributed by atoms with Gasteiger partial charge in [0.2, 0.25) is 11.8 Å². The number of benzene rings is 1. The summed E-state index contributed by atoms with van der Waals surface area (Å²) in [5, 5.41) is 44.1. The van der Waals surface area contributed by atoms with E-state index in [0.29, 0.717) is 11.8 Å². The number of nitro groups is 2. The lowest BCUT2D eigenvalue weighted by atomic mass is 10.1. The van der Waals surface area contributed by atoms with Crippen molar-refractivity contribution in [3.63, 3.8) is 0 Å². The highest BCUT2D eigenvalue weighted by atomic mass is 32.2. The van der Waals surface area contributed by atoms with E-state index in [1.165, 1.54) is 12.1 Å². The fourth-order valence-electron chi connectivity index (χ4n) is 2.28. The van der Waals surface area contributed by atoms with Crippen LogP contribution in [0.3, 0.4) is 0 Å². The van der Waals surface area contributed by atoms with Gasteiger partial charge in [-0.2, -0.15) is 0 Å². The SMILES string of the molecule is N[C@@H](CCC(=O)N[C@@H](CSc1cccc([N+](=O)[O-])c1[N+](=O)[O-])C(=O)NCC(=O)O)C(=O)O. The molecule has 16 heteroatoms. The van der Waals surface area contributed by atoms with Crippen molar-refractivity contribution in [3.05, 3.63) is 38.4 Å². The third-order valence-corrected chi connectivity index (χ3v) is 4.97. The molecule has 0 aliphatic carbocycles. The Bertz CT molecular complexity index is 924. The van der Waals surface area contributed by atoms with Gasteiger partial charge >= 0.3 is 23.3 Å². The Kier molecular flexibility index (Phi) is 9.97. The van der Waals surface area contributed by atoms with Crippen LogP contribution in [0, 0.1) is 20.2 Å². The number of aliphatic carboxylic acids is 2. The zero-order valence-corrected chi connectivity index (χ0v) is 17.1. The van der Waals surface area contributed by atoms with Crippen molar-refractivity contribution >= 4 is 46.9 Å². The number of hydrogen-bond acceptors (Lipinski definition) is 10. The van der Waals surface area contributed by atoms with Crippen molar-refractivity contribution in [3.8, 4) is 0 Å². The van der Waals surface area contributed by atoms with Gasteiger partial charge in [0, 0.05) is 18.2 Å². The van der Waals surface area contributed by atoms with Crippen LogP contribution in [0.1, 0.15) is 12.8 Å². The molecule has 15 nitrogen and oxygen atoms in total. The molecule has 174 valence electrons. The number of hydrogen-bond donors (Lipinski definition) is 5. The summed E-state index contributed by atoms with van der Waals surface area (Å²) in [5.41, 5.74) is 3.74. The molecule has 0 spiro atoms. The molecular weight excluding hydrogens is 454 g/mol. The monoisotopic (exact) mass is 473 g/mol. The number of nitrogens with zero attached hydrogens (tertiary/aromatic N) is 2. The van der Waals surface area contributed by atoms with Gasteiger partial charge in [-0.25, -0.2) is 0 Å². The molecule has 0 aliphatic rings. The normalized spacial score (nSPS) is 12.3. The second-order valence-electron chi connectivity index (χ2n) is 6.16. The third kappa shape index (κ3) is 8.15. The molecule has 1 aromatic rings. The first-order valence-electron chi connectivity index (χ1n) is 8.75. The van der Waals surface area contributed by atoms with Crippen molar-refractivity contribution in [1.29, 1.82) is 0 Å². The van der Waals surface area contributed by atoms with Crippen molar-refractivity contribution < 1.29 is 39.2 Å². The minimum Gasteiger partial charge on any atom is -0.480 e. The summed E-state index contributed by atoms with van der Waals surface area (Å²) in [5.74, 6) is -4.74. The van der Waals surface area contributed by atoms with E-state index in [1.807, 2.05) is 5.32 Å². The maximum absolute atomic E-state index is 12.3. The van der Waals surface area contributed by atoms with Crippen molar-refractivity contribution in [2.75, 3.05) is 12.3 Å². The summed E-state index contributed by atoms with van der Waals surface area (Å²) in [4.78, 5) is 66.1. The molecule has 2 amide bonds. The summed E-state index contributed by atoms with van der Waals surface area (Å²) < 4.78 is 0. The van der Waals surface area contributed by atoms with Gasteiger partial charge < -0.3 is 26.6 Å². The second-order valence-corrected chi connectivity index (χ2v) is 7.23. The molecule has 1 rings (SSSR count). The Balaban J connectivity index is 3.00. The molecule has 0 saturated carbocycles. The first-order chi connectivity index (χ1) is 14.9. The summed E-state index contributed by atoms with van der Waals surface area (Å²) in [6.45, 7) is -0.767. The molecule has 6 N–H and O–H groups in total. The van der Waals surface area contributed by atoms with Crippen LogP contribution < -0.4 is 16.4 Å². The van der Waals surface area contributed by atoms with E-state index in [0.717, 1.165) is 6.07 Å². The lowest BCUT2D eigenvalue weighted by molar-refractivity contribution is -0.424. The molecular formula is C16H19N5O10S. The molecule has 1 aromatic carbocycles. The van der Waals surface area contributed by atoms with Crippen LogP contribution in [0.5, 0.6) is 0 Å². The van der Waals surface area contributed by atoms with Crippen LogP contribution in [-0.2, 0) is 19.2 Å². The van der Waals surface area contributed by atoms with Crippen LogP contribution >= 0.6 is 11.8 Å². The molecule has 0 unspecified atom stereocenters. The Morgan fingerprint density at radius 1 is 1.12 bits per heavy atom. The Morgan fingerprint density at radius 2 is 1.78 bits per heavy atom. The largest absolute Gasteiger partial charge is 0.480 e. The average Bonchev–Trinajstić information content (AvgIpc) is 2.72. The summed E-state index contributed by atoms with van der Waals surface area (Å²) in [6, 6.07) is 0.662. The summed E-state index contributed by atoms with van der Waals surface area (Å²) in [7, 11) is 0. The smallest absolute Gasteiger partial charge is 0.359 e. The number of amides is 2. The van der Waals surface area contributed by atoms with Gasteiger partial charge in [0.25, 0.3) is 0 Å². The van der Waals surface area contributed by atoms with Gasteiger partial charge in [-0.1, -0.05) is 6.07 Å². The predicted molar refractivity (Wildman–Crippen MR) is 108 cm³/mol. The average molecular weight is 473 g/mol. The number of carbonyl (C=O) groups excluding carboxylic acids is 2. The van der Waals surface area contributed by atoms with Crippen molar-refractivity contribution in [1.82, 2.24) is 10.6 Å².